The lowest BCUT2D eigenvalue weighted by atomic mass is 10.2. The molecule has 0 saturated carbocycles. The van der Waals surface area contributed by atoms with Crippen LogP contribution in [-0.2, 0) is 25.8 Å². The number of hydrogen-bond donors (Lipinski definition) is 2. The van der Waals surface area contributed by atoms with Gasteiger partial charge in [0.2, 0.25) is 25.3 Å². The highest BCUT2D eigenvalue weighted by Crippen LogP contribution is 2.28. The van der Waals surface area contributed by atoms with Crippen LogP contribution in [0.15, 0.2) is 71.8 Å². The number of benzene rings is 2. The van der Waals surface area contributed by atoms with Crippen LogP contribution in [0.2, 0.25) is 5.28 Å². The van der Waals surface area contributed by atoms with Gasteiger partial charge in [-0.1, -0.05) is 36.4 Å². The highest BCUT2D eigenvalue weighted by Gasteiger charge is 2.20. The summed E-state index contributed by atoms with van der Waals surface area (Å²) in [4.78, 5) is 8.12. The zero-order chi connectivity index (χ0) is 22.2. The number of hydrogen-bond acceptors (Lipinski definition) is 7. The zero-order valence-corrected chi connectivity index (χ0v) is 18.2. The van der Waals surface area contributed by atoms with Gasteiger partial charge in [-0.05, 0) is 41.4 Å². The van der Waals surface area contributed by atoms with Gasteiger partial charge in [0.15, 0.2) is 5.65 Å². The second-order valence-electron chi connectivity index (χ2n) is 6.63. The van der Waals surface area contributed by atoms with Crippen molar-refractivity contribution in [2.45, 2.75) is 10.6 Å². The minimum atomic E-state index is -3.90. The van der Waals surface area contributed by atoms with Crippen LogP contribution in [0.1, 0.15) is 5.56 Å². The normalized spacial score (nSPS) is 12.2. The Labute approximate surface area is 183 Å². The molecule has 12 heteroatoms. The summed E-state index contributed by atoms with van der Waals surface area (Å²) in [6.07, 6.45) is 1.37. The number of halogens is 1. The van der Waals surface area contributed by atoms with Crippen molar-refractivity contribution < 1.29 is 16.8 Å². The number of primary sulfonamides is 1. The van der Waals surface area contributed by atoms with E-state index >= 15 is 0 Å². The summed E-state index contributed by atoms with van der Waals surface area (Å²) in [5.74, 6) is -0.00599. The number of aromatic nitrogens is 3. The Hall–Kier alpha value is -2.99. The Morgan fingerprint density at radius 3 is 2.42 bits per heavy atom. The molecule has 2 heterocycles. The van der Waals surface area contributed by atoms with Gasteiger partial charge in [0.25, 0.3) is 0 Å². The molecule has 2 aromatic heterocycles. The second-order valence-corrected chi connectivity index (χ2v) is 10.4. The topological polar surface area (TPSA) is 137 Å². The van der Waals surface area contributed by atoms with Crippen LogP contribution in [-0.4, -0.2) is 30.8 Å². The predicted octanol–water partition coefficient (Wildman–Crippen LogP) is 2.85. The average molecular weight is 478 g/mol. The van der Waals surface area contributed by atoms with Crippen molar-refractivity contribution in [1.82, 2.24) is 13.9 Å². The number of anilines is 2. The molecule has 0 amide bonds. The monoisotopic (exact) mass is 477 g/mol. The molecule has 3 N–H and O–H groups in total. The molecule has 0 spiro atoms. The fourth-order valence-corrected chi connectivity index (χ4v) is 5.15. The molecule has 4 rings (SSSR count). The number of nitrogens with two attached hydrogens (primary N) is 1. The molecule has 4 aromatic rings. The Morgan fingerprint density at radius 2 is 1.71 bits per heavy atom. The van der Waals surface area contributed by atoms with Gasteiger partial charge in [-0.15, -0.1) is 0 Å². The summed E-state index contributed by atoms with van der Waals surface area (Å²) < 4.78 is 50.2. The first kappa shape index (κ1) is 21.2. The predicted molar refractivity (Wildman–Crippen MR) is 118 cm³/mol. The van der Waals surface area contributed by atoms with E-state index in [-0.39, 0.29) is 27.4 Å². The van der Waals surface area contributed by atoms with Gasteiger partial charge in [-0.25, -0.2) is 25.9 Å². The van der Waals surface area contributed by atoms with E-state index in [1.54, 1.807) is 42.5 Å². The molecule has 160 valence electrons. The summed E-state index contributed by atoms with van der Waals surface area (Å²) in [6.45, 7) is 0. The molecular weight excluding hydrogens is 462 g/mol. The van der Waals surface area contributed by atoms with Crippen LogP contribution in [0.4, 0.5) is 11.5 Å². The van der Waals surface area contributed by atoms with Gasteiger partial charge in [-0.3, -0.25) is 0 Å². The number of nitrogens with zero attached hydrogens (tertiary/aromatic N) is 3. The highest BCUT2D eigenvalue weighted by molar-refractivity contribution is 7.89. The number of rotatable bonds is 6. The molecule has 0 saturated heterocycles. The fraction of sp³-hybridized carbons (Fsp3) is 0.0526. The van der Waals surface area contributed by atoms with Crippen molar-refractivity contribution >= 4 is 54.2 Å². The Morgan fingerprint density at radius 1 is 0.968 bits per heavy atom. The van der Waals surface area contributed by atoms with E-state index in [9.17, 15) is 16.8 Å². The summed E-state index contributed by atoms with van der Waals surface area (Å²) in [5.41, 5.74) is 1.10. The minimum Gasteiger partial charge on any atom is -0.339 e. The fourth-order valence-electron chi connectivity index (χ4n) is 3.03. The van der Waals surface area contributed by atoms with Crippen molar-refractivity contribution in [3.8, 4) is 0 Å². The third-order valence-corrected chi connectivity index (χ3v) is 7.07. The van der Waals surface area contributed by atoms with E-state index in [4.69, 9.17) is 16.7 Å². The summed E-state index contributed by atoms with van der Waals surface area (Å²) >= 11 is 6.05. The average Bonchev–Trinajstić information content (AvgIpc) is 3.13. The number of sulfonamides is 1. The standard InChI is InChI=1S/C19H16ClN5O4S2/c20-19-23-17(22-14-7-4-8-15(11-14)31(21,28)29)16-9-10-25(18(16)24-19)30(26,27)12-13-5-2-1-3-6-13/h1-11H,12H2,(H2,21,28,29)(H,22,23,24). The summed E-state index contributed by atoms with van der Waals surface area (Å²) in [6, 6.07) is 16.1. The molecule has 31 heavy (non-hydrogen) atoms. The van der Waals surface area contributed by atoms with Crippen molar-refractivity contribution in [1.29, 1.82) is 0 Å². The molecule has 0 aliphatic heterocycles. The smallest absolute Gasteiger partial charge is 0.244 e. The van der Waals surface area contributed by atoms with Crippen molar-refractivity contribution in [3.05, 3.63) is 77.7 Å². The molecular formula is C19H16ClN5O4S2. The van der Waals surface area contributed by atoms with Crippen LogP contribution in [0.3, 0.4) is 0 Å². The third-order valence-electron chi connectivity index (χ3n) is 4.40. The Balaban J connectivity index is 1.76. The molecule has 0 bridgehead atoms. The third kappa shape index (κ3) is 4.54. The maximum Gasteiger partial charge on any atom is 0.244 e. The van der Waals surface area contributed by atoms with Crippen LogP contribution >= 0.6 is 11.6 Å². The van der Waals surface area contributed by atoms with Crippen molar-refractivity contribution in [2.24, 2.45) is 5.14 Å². The molecule has 0 unspecified atom stereocenters. The van der Waals surface area contributed by atoms with Crippen molar-refractivity contribution in [3.63, 3.8) is 0 Å². The maximum atomic E-state index is 13.0. The second kappa shape index (κ2) is 7.93. The van der Waals surface area contributed by atoms with Crippen LogP contribution in [0.25, 0.3) is 11.0 Å². The zero-order valence-electron chi connectivity index (χ0n) is 15.8. The quantitative estimate of drug-likeness (QED) is 0.407. The van der Waals surface area contributed by atoms with E-state index in [0.29, 0.717) is 16.6 Å². The van der Waals surface area contributed by atoms with Crippen LogP contribution in [0.5, 0.6) is 0 Å². The summed E-state index contributed by atoms with van der Waals surface area (Å²) in [7, 11) is -7.68. The molecule has 2 aromatic carbocycles. The van der Waals surface area contributed by atoms with Crippen LogP contribution in [0, 0.1) is 0 Å². The lowest BCUT2D eigenvalue weighted by Gasteiger charge is -2.10. The SMILES string of the molecule is NS(=O)(=O)c1cccc(Nc2nc(Cl)nc3c2ccn3S(=O)(=O)Cc2ccccc2)c1. The molecule has 0 fully saturated rings. The first-order chi connectivity index (χ1) is 14.6. The Kier molecular flexibility index (Phi) is 5.43. The van der Waals surface area contributed by atoms with Crippen molar-refractivity contribution in [2.75, 3.05) is 5.32 Å². The van der Waals surface area contributed by atoms with E-state index in [0.717, 1.165) is 3.97 Å². The highest BCUT2D eigenvalue weighted by atomic mass is 35.5. The molecule has 0 aliphatic rings. The van der Waals surface area contributed by atoms with Gasteiger partial charge >= 0.3 is 0 Å². The van der Waals surface area contributed by atoms with Crippen LogP contribution < -0.4 is 10.5 Å². The van der Waals surface area contributed by atoms with Gasteiger partial charge in [-0.2, -0.15) is 9.97 Å². The number of fused-ring (bicyclic) bond motifs is 1. The summed E-state index contributed by atoms with van der Waals surface area (Å²) in [5, 5.41) is 8.34. The lowest BCUT2D eigenvalue weighted by molar-refractivity contribution is 0.587. The van der Waals surface area contributed by atoms with E-state index in [2.05, 4.69) is 15.3 Å². The van der Waals surface area contributed by atoms with E-state index in [1.807, 2.05) is 0 Å². The largest absolute Gasteiger partial charge is 0.339 e. The molecule has 0 atom stereocenters. The van der Waals surface area contributed by atoms with E-state index in [1.165, 1.54) is 24.4 Å². The lowest BCUT2D eigenvalue weighted by Crippen LogP contribution is -2.15. The van der Waals surface area contributed by atoms with Gasteiger partial charge < -0.3 is 5.32 Å². The molecule has 0 radical (unpaired) electrons. The molecule has 9 nitrogen and oxygen atoms in total. The Bertz CT molecular complexity index is 1490. The van der Waals surface area contributed by atoms with Gasteiger partial charge in [0.05, 0.1) is 16.0 Å². The van der Waals surface area contributed by atoms with Gasteiger partial charge in [0.1, 0.15) is 5.82 Å². The number of nitrogens with one attached hydrogen (secondary N) is 1. The minimum absolute atomic E-state index is 0.0862. The van der Waals surface area contributed by atoms with Gasteiger partial charge in [0, 0.05) is 11.9 Å². The maximum absolute atomic E-state index is 13.0. The first-order valence-electron chi connectivity index (χ1n) is 8.85. The molecule has 0 aliphatic carbocycles. The van der Waals surface area contributed by atoms with E-state index < -0.39 is 20.0 Å². The first-order valence-corrected chi connectivity index (χ1v) is 12.4.